The fourth-order valence-electron chi connectivity index (χ4n) is 3.93. The predicted molar refractivity (Wildman–Crippen MR) is 122 cm³/mol. The van der Waals surface area contributed by atoms with E-state index in [0.717, 1.165) is 24.9 Å². The molecular weight excluding hydrogens is 499 g/mol. The average Bonchev–Trinajstić information content (AvgIpc) is 3.30. The van der Waals surface area contributed by atoms with Gasteiger partial charge in [-0.15, -0.1) is 29.9 Å². The smallest absolute Gasteiger partial charge is 0.453 e. The highest BCUT2D eigenvalue weighted by molar-refractivity contribution is 5.85. The summed E-state index contributed by atoms with van der Waals surface area (Å²) in [6.07, 6.45) is -2.82. The second kappa shape index (κ2) is 12.3. The quantitative estimate of drug-likeness (QED) is 0.447. The van der Waals surface area contributed by atoms with Crippen molar-refractivity contribution in [2.45, 2.75) is 37.6 Å². The van der Waals surface area contributed by atoms with Gasteiger partial charge in [-0.1, -0.05) is 30.3 Å². The van der Waals surface area contributed by atoms with Gasteiger partial charge in [0.25, 0.3) is 5.82 Å². The van der Waals surface area contributed by atoms with E-state index in [0.29, 0.717) is 10.2 Å². The van der Waals surface area contributed by atoms with E-state index in [9.17, 15) is 17.6 Å². The number of rotatable bonds is 7. The van der Waals surface area contributed by atoms with Crippen molar-refractivity contribution in [3.63, 3.8) is 0 Å². The summed E-state index contributed by atoms with van der Waals surface area (Å²) in [5.41, 5.74) is 1.75. The molecule has 2 aromatic carbocycles. The van der Waals surface area contributed by atoms with Gasteiger partial charge < -0.3 is 15.4 Å². The molecule has 186 valence electrons. The van der Waals surface area contributed by atoms with E-state index in [1.54, 1.807) is 0 Å². The summed E-state index contributed by atoms with van der Waals surface area (Å²) >= 11 is 0. The molecule has 0 saturated carbocycles. The minimum absolute atomic E-state index is 0. The van der Waals surface area contributed by atoms with E-state index >= 15 is 0 Å². The monoisotopic (exact) mass is 522 g/mol. The van der Waals surface area contributed by atoms with Gasteiger partial charge in [0, 0.05) is 24.2 Å². The van der Waals surface area contributed by atoms with Crippen molar-refractivity contribution in [3.05, 3.63) is 65.5 Å². The molecule has 4 rings (SSSR count). The Morgan fingerprint density at radius 3 is 2.59 bits per heavy atom. The maximum Gasteiger partial charge on any atom is 0.453 e. The van der Waals surface area contributed by atoms with Crippen LogP contribution in [0.5, 0.6) is 5.75 Å². The third kappa shape index (κ3) is 6.35. The molecule has 0 aliphatic carbocycles. The van der Waals surface area contributed by atoms with E-state index in [-0.39, 0.29) is 54.9 Å². The number of nitrogens with zero attached hydrogens (tertiary/aromatic N) is 4. The molecule has 0 spiro atoms. The summed E-state index contributed by atoms with van der Waals surface area (Å²) in [6, 6.07) is 14.4. The Morgan fingerprint density at radius 1 is 1.12 bits per heavy atom. The number of piperidine rings is 1. The molecule has 13 heteroatoms. The van der Waals surface area contributed by atoms with Gasteiger partial charge >= 0.3 is 6.18 Å². The number of benzene rings is 2. The highest BCUT2D eigenvalue weighted by atomic mass is 35.5. The van der Waals surface area contributed by atoms with Gasteiger partial charge in [0.1, 0.15) is 5.75 Å². The number of alkyl halides is 4. The number of aromatic nitrogens is 4. The molecule has 7 nitrogen and oxygen atoms in total. The first kappa shape index (κ1) is 27.8. The van der Waals surface area contributed by atoms with Crippen LogP contribution in [0.15, 0.2) is 48.5 Å². The second-order valence-electron chi connectivity index (χ2n) is 7.43. The molecule has 1 fully saturated rings. The van der Waals surface area contributed by atoms with Crippen molar-refractivity contribution in [1.29, 1.82) is 0 Å². The predicted octanol–water partition coefficient (Wildman–Crippen LogP) is 4.41. The van der Waals surface area contributed by atoms with Gasteiger partial charge in [-0.05, 0) is 53.6 Å². The van der Waals surface area contributed by atoms with Crippen molar-refractivity contribution in [2.75, 3.05) is 13.4 Å². The molecule has 2 atom stereocenters. The van der Waals surface area contributed by atoms with Crippen molar-refractivity contribution in [1.82, 2.24) is 30.8 Å². The number of nitrogens with one attached hydrogen (secondary N) is 2. The van der Waals surface area contributed by atoms with Gasteiger partial charge in [0.2, 0.25) is 6.86 Å². The Labute approximate surface area is 206 Å². The van der Waals surface area contributed by atoms with Crippen LogP contribution in [0.1, 0.15) is 35.8 Å². The Balaban J connectivity index is 0.00000204. The lowest BCUT2D eigenvalue weighted by Crippen LogP contribution is -2.45. The van der Waals surface area contributed by atoms with Crippen LogP contribution in [0.4, 0.5) is 17.6 Å². The van der Waals surface area contributed by atoms with Crippen molar-refractivity contribution < 1.29 is 22.3 Å². The Kier molecular flexibility index (Phi) is 10.0. The SMILES string of the molecule is Cl.Cl.FCOc1ccc(-n2nnnc2C(F)(F)F)cc1CN[C@H]1CCCN[C@H]1c1ccccc1. The van der Waals surface area contributed by atoms with Gasteiger partial charge in [-0.2, -0.15) is 17.9 Å². The van der Waals surface area contributed by atoms with Crippen LogP contribution in [0.3, 0.4) is 0 Å². The lowest BCUT2D eigenvalue weighted by molar-refractivity contribution is -0.146. The topological polar surface area (TPSA) is 76.9 Å². The molecule has 2 N–H and O–H groups in total. The number of ether oxygens (including phenoxy) is 1. The molecule has 0 amide bonds. The van der Waals surface area contributed by atoms with Crippen molar-refractivity contribution >= 4 is 24.8 Å². The molecule has 0 bridgehead atoms. The molecule has 1 aromatic heterocycles. The maximum atomic E-state index is 13.2. The molecule has 34 heavy (non-hydrogen) atoms. The first-order valence-corrected chi connectivity index (χ1v) is 10.2. The van der Waals surface area contributed by atoms with Crippen LogP contribution < -0.4 is 15.4 Å². The zero-order valence-corrected chi connectivity index (χ0v) is 19.5. The van der Waals surface area contributed by atoms with Gasteiger partial charge in [-0.3, -0.25) is 0 Å². The summed E-state index contributed by atoms with van der Waals surface area (Å²) in [7, 11) is 0. The van der Waals surface area contributed by atoms with Gasteiger partial charge in [0.05, 0.1) is 5.69 Å². The van der Waals surface area contributed by atoms with Crippen LogP contribution in [0.25, 0.3) is 5.69 Å². The van der Waals surface area contributed by atoms with Crippen LogP contribution in [0.2, 0.25) is 0 Å². The largest absolute Gasteiger partial charge is 0.463 e. The molecule has 0 unspecified atom stereocenters. The van der Waals surface area contributed by atoms with E-state index < -0.39 is 18.9 Å². The molecule has 2 heterocycles. The van der Waals surface area contributed by atoms with E-state index in [1.165, 1.54) is 18.2 Å². The minimum Gasteiger partial charge on any atom is -0.463 e. The van der Waals surface area contributed by atoms with E-state index in [1.807, 2.05) is 30.3 Å². The zero-order chi connectivity index (χ0) is 22.6. The molecular formula is C21H24Cl2F4N6O. The Morgan fingerprint density at radius 2 is 1.88 bits per heavy atom. The summed E-state index contributed by atoms with van der Waals surface area (Å²) in [5, 5.41) is 16.6. The number of halogens is 6. The number of hydrogen-bond acceptors (Lipinski definition) is 6. The lowest BCUT2D eigenvalue weighted by atomic mass is 9.92. The van der Waals surface area contributed by atoms with Gasteiger partial charge in [0.15, 0.2) is 0 Å². The Bertz CT molecular complexity index is 1040. The van der Waals surface area contributed by atoms with Crippen molar-refractivity contribution in [3.8, 4) is 11.4 Å². The van der Waals surface area contributed by atoms with Crippen molar-refractivity contribution in [2.24, 2.45) is 0 Å². The maximum absolute atomic E-state index is 13.2. The second-order valence-corrected chi connectivity index (χ2v) is 7.43. The first-order chi connectivity index (χ1) is 15.5. The first-order valence-electron chi connectivity index (χ1n) is 10.2. The summed E-state index contributed by atoms with van der Waals surface area (Å²) < 4.78 is 58.2. The molecule has 1 aliphatic heterocycles. The summed E-state index contributed by atoms with van der Waals surface area (Å²) in [5.74, 6) is -0.999. The third-order valence-electron chi connectivity index (χ3n) is 5.39. The van der Waals surface area contributed by atoms with Crippen LogP contribution >= 0.6 is 24.8 Å². The van der Waals surface area contributed by atoms with E-state index in [4.69, 9.17) is 4.74 Å². The normalized spacial score (nSPS) is 18.0. The fourth-order valence-corrected chi connectivity index (χ4v) is 3.93. The highest BCUT2D eigenvalue weighted by Gasteiger charge is 2.38. The summed E-state index contributed by atoms with van der Waals surface area (Å²) in [6.45, 7) is 0.105. The number of hydrogen-bond donors (Lipinski definition) is 2. The number of tetrazole rings is 1. The molecule has 3 aromatic rings. The minimum atomic E-state index is -4.72. The zero-order valence-electron chi connectivity index (χ0n) is 17.8. The standard InChI is InChI=1S/C21H22F4N6O.2ClH/c22-13-32-18-9-8-16(31-20(21(23,24)25)28-29-30-31)11-15(18)12-27-17-7-4-10-26-19(17)14-5-2-1-3-6-14;;/h1-3,5-6,8-9,11,17,19,26-27H,4,7,10,12-13H2;2*1H/t17-,19-;;/m0../s1. The summed E-state index contributed by atoms with van der Waals surface area (Å²) in [4.78, 5) is 0. The molecule has 1 aliphatic rings. The lowest BCUT2D eigenvalue weighted by Gasteiger charge is -2.34. The molecule has 1 saturated heterocycles. The highest BCUT2D eigenvalue weighted by Crippen LogP contribution is 2.30. The molecule has 0 radical (unpaired) electrons. The fraction of sp³-hybridized carbons (Fsp3) is 0.381. The Hall–Kier alpha value is -2.47. The van der Waals surface area contributed by atoms with Crippen LogP contribution in [-0.2, 0) is 12.7 Å². The average molecular weight is 523 g/mol. The van der Waals surface area contributed by atoms with Crippen LogP contribution in [0, 0.1) is 0 Å². The van der Waals surface area contributed by atoms with E-state index in [2.05, 4.69) is 26.2 Å². The third-order valence-corrected chi connectivity index (χ3v) is 5.39. The van der Waals surface area contributed by atoms with Gasteiger partial charge in [-0.25, -0.2) is 4.39 Å². The van der Waals surface area contributed by atoms with Crippen LogP contribution in [-0.4, -0.2) is 39.7 Å².